The third kappa shape index (κ3) is 6.05. The maximum Gasteiger partial charge on any atom is 0.328 e. The van der Waals surface area contributed by atoms with E-state index in [2.05, 4.69) is 17.2 Å². The summed E-state index contributed by atoms with van der Waals surface area (Å²) >= 11 is 0. The molecule has 1 rings (SSSR count). The largest absolute Gasteiger partial charge is 0.458 e. The van der Waals surface area contributed by atoms with E-state index in [1.165, 1.54) is 0 Å². The Labute approximate surface area is 119 Å². The monoisotopic (exact) mass is 273 g/mol. The molecule has 0 unspecified atom stereocenters. The first-order chi connectivity index (χ1) is 9.28. The number of ether oxygens (including phenoxy) is 1. The van der Waals surface area contributed by atoms with Crippen molar-refractivity contribution >= 4 is 11.9 Å². The minimum atomic E-state index is -0.730. The Morgan fingerprint density at radius 2 is 1.80 bits per heavy atom. The van der Waals surface area contributed by atoms with Crippen molar-refractivity contribution in [1.29, 1.82) is 0 Å². The first kappa shape index (κ1) is 15.8. The van der Waals surface area contributed by atoms with Gasteiger partial charge in [-0.05, 0) is 39.8 Å². The Balaban J connectivity index is 2.55. The van der Waals surface area contributed by atoms with Crippen molar-refractivity contribution in [1.82, 2.24) is 5.32 Å². The Morgan fingerprint density at radius 3 is 2.35 bits per heavy atom. The third-order valence-corrected chi connectivity index (χ3v) is 2.20. The maximum atomic E-state index is 11.7. The van der Waals surface area contributed by atoms with Crippen LogP contribution >= 0.6 is 0 Å². The number of hydrogen-bond donors (Lipinski definition) is 1. The van der Waals surface area contributed by atoms with Gasteiger partial charge >= 0.3 is 5.97 Å². The quantitative estimate of drug-likeness (QED) is 0.661. The number of amides is 1. The van der Waals surface area contributed by atoms with E-state index in [1.54, 1.807) is 39.8 Å². The molecule has 0 heterocycles. The van der Waals surface area contributed by atoms with Gasteiger partial charge in [0.1, 0.15) is 11.6 Å². The van der Waals surface area contributed by atoms with Crippen LogP contribution in [0.15, 0.2) is 30.3 Å². The zero-order chi connectivity index (χ0) is 15.2. The van der Waals surface area contributed by atoms with Gasteiger partial charge in [0.15, 0.2) is 0 Å². The summed E-state index contributed by atoms with van der Waals surface area (Å²) in [5, 5.41) is 2.49. The number of nitrogens with one attached hydrogen (secondary N) is 1. The second-order valence-corrected chi connectivity index (χ2v) is 5.34. The molecule has 0 saturated heterocycles. The summed E-state index contributed by atoms with van der Waals surface area (Å²) in [6.45, 7) is 6.88. The van der Waals surface area contributed by atoms with Crippen LogP contribution in [-0.4, -0.2) is 23.5 Å². The molecule has 1 aromatic rings. The van der Waals surface area contributed by atoms with Crippen molar-refractivity contribution in [3.63, 3.8) is 0 Å². The lowest BCUT2D eigenvalue weighted by Gasteiger charge is -2.22. The van der Waals surface area contributed by atoms with E-state index >= 15 is 0 Å². The van der Waals surface area contributed by atoms with Gasteiger partial charge in [-0.1, -0.05) is 24.1 Å². The zero-order valence-electron chi connectivity index (χ0n) is 12.2. The van der Waals surface area contributed by atoms with Crippen molar-refractivity contribution in [3.05, 3.63) is 35.9 Å². The van der Waals surface area contributed by atoms with E-state index in [9.17, 15) is 9.59 Å². The lowest BCUT2D eigenvalue weighted by molar-refractivity contribution is -0.157. The fraction of sp³-hybridized carbons (Fsp3) is 0.375. The highest BCUT2D eigenvalue weighted by molar-refractivity contribution is 5.96. The van der Waals surface area contributed by atoms with Gasteiger partial charge in [0, 0.05) is 11.5 Å². The molecular weight excluding hydrogens is 254 g/mol. The fourth-order valence-corrected chi connectivity index (χ4v) is 1.33. The highest BCUT2D eigenvalue weighted by atomic mass is 16.6. The Kier molecular flexibility index (Phi) is 5.33. The topological polar surface area (TPSA) is 55.4 Å². The van der Waals surface area contributed by atoms with E-state index in [4.69, 9.17) is 4.74 Å². The van der Waals surface area contributed by atoms with E-state index < -0.39 is 23.5 Å². The lowest BCUT2D eigenvalue weighted by Crippen LogP contribution is -2.41. The van der Waals surface area contributed by atoms with Crippen LogP contribution in [-0.2, 0) is 14.3 Å². The van der Waals surface area contributed by atoms with Gasteiger partial charge in [0.25, 0.3) is 5.91 Å². The summed E-state index contributed by atoms with van der Waals surface area (Å²) in [5.74, 6) is 4.18. The highest BCUT2D eigenvalue weighted by Crippen LogP contribution is 2.08. The molecule has 1 aromatic carbocycles. The fourth-order valence-electron chi connectivity index (χ4n) is 1.33. The summed E-state index contributed by atoms with van der Waals surface area (Å²) < 4.78 is 5.16. The van der Waals surface area contributed by atoms with E-state index in [0.29, 0.717) is 0 Å². The highest BCUT2D eigenvalue weighted by Gasteiger charge is 2.22. The lowest BCUT2D eigenvalue weighted by atomic mass is 10.2. The molecule has 1 amide bonds. The van der Waals surface area contributed by atoms with E-state index in [1.807, 2.05) is 18.2 Å². The van der Waals surface area contributed by atoms with Crippen LogP contribution in [0.4, 0.5) is 0 Å². The van der Waals surface area contributed by atoms with Crippen molar-refractivity contribution < 1.29 is 14.3 Å². The molecule has 106 valence electrons. The third-order valence-electron chi connectivity index (χ3n) is 2.20. The van der Waals surface area contributed by atoms with Crippen molar-refractivity contribution in [2.75, 3.05) is 0 Å². The van der Waals surface area contributed by atoms with Crippen LogP contribution in [0, 0.1) is 11.8 Å². The molecule has 0 bridgehead atoms. The van der Waals surface area contributed by atoms with E-state index in [0.717, 1.165) is 5.56 Å². The Bertz CT molecular complexity index is 532. The van der Waals surface area contributed by atoms with Crippen LogP contribution in [0.2, 0.25) is 0 Å². The summed E-state index contributed by atoms with van der Waals surface area (Å²) in [6, 6.07) is 8.42. The van der Waals surface area contributed by atoms with Crippen molar-refractivity contribution in [2.45, 2.75) is 39.3 Å². The van der Waals surface area contributed by atoms with Crippen molar-refractivity contribution in [3.8, 4) is 11.8 Å². The number of esters is 1. The first-order valence-electron chi connectivity index (χ1n) is 6.38. The average molecular weight is 273 g/mol. The van der Waals surface area contributed by atoms with Crippen LogP contribution in [0.25, 0.3) is 0 Å². The molecule has 0 aliphatic heterocycles. The van der Waals surface area contributed by atoms with Gasteiger partial charge in [-0.2, -0.15) is 0 Å². The summed E-state index contributed by atoms with van der Waals surface area (Å²) in [6.07, 6.45) is 0. The molecular formula is C16H19NO3. The molecule has 0 aromatic heterocycles. The SMILES string of the molecule is C[C@H](NC(=O)C#Cc1ccccc1)C(=O)OC(C)(C)C. The number of carbonyl (C=O) groups excluding carboxylic acids is 2. The predicted molar refractivity (Wildman–Crippen MR) is 76.8 cm³/mol. The molecule has 4 heteroatoms. The van der Waals surface area contributed by atoms with Gasteiger partial charge in [0.2, 0.25) is 0 Å². The van der Waals surface area contributed by atoms with Crippen molar-refractivity contribution in [2.24, 2.45) is 0 Å². The second-order valence-electron chi connectivity index (χ2n) is 5.34. The number of hydrogen-bond acceptors (Lipinski definition) is 3. The number of rotatable bonds is 2. The Hall–Kier alpha value is -2.28. The standard InChI is InChI=1S/C16H19NO3/c1-12(15(19)20-16(2,3)4)17-14(18)11-10-13-8-6-5-7-9-13/h5-9,12H,1-4H3,(H,17,18)/t12-/m0/s1. The molecule has 1 N–H and O–H groups in total. The normalized spacial score (nSPS) is 11.8. The molecule has 4 nitrogen and oxygen atoms in total. The maximum absolute atomic E-state index is 11.7. The zero-order valence-corrected chi connectivity index (χ0v) is 12.2. The number of benzene rings is 1. The molecule has 0 spiro atoms. The molecule has 20 heavy (non-hydrogen) atoms. The smallest absolute Gasteiger partial charge is 0.328 e. The second kappa shape index (κ2) is 6.76. The minimum absolute atomic E-state index is 0.479. The van der Waals surface area contributed by atoms with Crippen LogP contribution in [0.5, 0.6) is 0 Å². The van der Waals surface area contributed by atoms with E-state index in [-0.39, 0.29) is 0 Å². The van der Waals surface area contributed by atoms with Crippen LogP contribution in [0.3, 0.4) is 0 Å². The average Bonchev–Trinajstić information content (AvgIpc) is 2.35. The minimum Gasteiger partial charge on any atom is -0.458 e. The molecule has 0 fully saturated rings. The van der Waals surface area contributed by atoms with Crippen LogP contribution in [0.1, 0.15) is 33.3 Å². The molecule has 0 aliphatic carbocycles. The molecule has 0 saturated carbocycles. The van der Waals surface area contributed by atoms with Crippen LogP contribution < -0.4 is 5.32 Å². The number of carbonyl (C=O) groups is 2. The molecule has 0 aliphatic rings. The van der Waals surface area contributed by atoms with Gasteiger partial charge in [-0.15, -0.1) is 0 Å². The summed E-state index contributed by atoms with van der Waals surface area (Å²) in [4.78, 5) is 23.3. The van der Waals surface area contributed by atoms with Gasteiger partial charge in [0.05, 0.1) is 0 Å². The van der Waals surface area contributed by atoms with Gasteiger partial charge in [-0.3, -0.25) is 4.79 Å². The predicted octanol–water partition coefficient (Wildman–Crippen LogP) is 1.88. The molecule has 0 radical (unpaired) electrons. The summed E-state index contributed by atoms with van der Waals surface area (Å²) in [7, 11) is 0. The first-order valence-corrected chi connectivity index (χ1v) is 6.38. The van der Waals surface area contributed by atoms with Gasteiger partial charge < -0.3 is 10.1 Å². The Morgan fingerprint density at radius 1 is 1.20 bits per heavy atom. The summed E-state index contributed by atoms with van der Waals surface area (Å²) in [5.41, 5.74) is 0.166. The van der Waals surface area contributed by atoms with Gasteiger partial charge in [-0.25, -0.2) is 4.79 Å². The molecule has 1 atom stereocenters.